The first-order chi connectivity index (χ1) is 15.2. The lowest BCUT2D eigenvalue weighted by Gasteiger charge is -2.34. The Morgan fingerprint density at radius 3 is 2.69 bits per heavy atom. The van der Waals surface area contributed by atoms with Crippen molar-refractivity contribution in [3.63, 3.8) is 0 Å². The number of nitrogens with one attached hydrogen (secondary N) is 1. The van der Waals surface area contributed by atoms with Crippen molar-refractivity contribution in [2.75, 3.05) is 30.4 Å². The summed E-state index contributed by atoms with van der Waals surface area (Å²) < 4.78 is 15.4. The van der Waals surface area contributed by atoms with Gasteiger partial charge in [0.15, 0.2) is 5.82 Å². The van der Waals surface area contributed by atoms with Crippen LogP contribution in [0.1, 0.15) is 26.3 Å². The molecule has 166 valence electrons. The molecule has 8 nitrogen and oxygen atoms in total. The molecule has 5 rings (SSSR count). The predicted octanol–water partition coefficient (Wildman–Crippen LogP) is 3.76. The van der Waals surface area contributed by atoms with Crippen molar-refractivity contribution in [3.8, 4) is 0 Å². The van der Waals surface area contributed by atoms with Crippen LogP contribution in [0, 0.1) is 11.7 Å². The van der Waals surface area contributed by atoms with Gasteiger partial charge in [-0.3, -0.25) is 9.89 Å². The average Bonchev–Trinajstić information content (AvgIpc) is 3.27. The molecule has 1 N–H and O–H groups in total. The van der Waals surface area contributed by atoms with Gasteiger partial charge in [0.05, 0.1) is 36.4 Å². The van der Waals surface area contributed by atoms with E-state index in [2.05, 4.69) is 40.6 Å². The van der Waals surface area contributed by atoms with Gasteiger partial charge in [0, 0.05) is 24.9 Å². The second kappa shape index (κ2) is 7.29. The summed E-state index contributed by atoms with van der Waals surface area (Å²) in [6.07, 6.45) is 1.94. The highest BCUT2D eigenvalue weighted by Gasteiger charge is 2.42. The summed E-state index contributed by atoms with van der Waals surface area (Å²) in [5.74, 6) is 3.14. The third-order valence-corrected chi connectivity index (χ3v) is 5.91. The van der Waals surface area contributed by atoms with E-state index < -0.39 is 0 Å². The fourth-order valence-electron chi connectivity index (χ4n) is 4.25. The Balaban J connectivity index is 1.59. The quantitative estimate of drug-likeness (QED) is 0.795. The maximum absolute atomic E-state index is 13.5. The fourth-order valence-corrected chi connectivity index (χ4v) is 4.25. The van der Waals surface area contributed by atoms with E-state index in [1.54, 1.807) is 12.1 Å². The van der Waals surface area contributed by atoms with E-state index in [1.807, 2.05) is 29.8 Å². The molecule has 4 heterocycles. The Morgan fingerprint density at radius 1 is 1.25 bits per heavy atom. The Labute approximate surface area is 186 Å². The first kappa shape index (κ1) is 20.4. The monoisotopic (exact) mass is 434 g/mol. The molecular formula is C23H27FN8. The maximum Gasteiger partial charge on any atom is 0.207 e. The molecule has 1 unspecified atom stereocenters. The number of anilines is 3. The van der Waals surface area contributed by atoms with Crippen LogP contribution < -0.4 is 10.2 Å². The molecule has 0 radical (unpaired) electrons. The first-order valence-corrected chi connectivity index (χ1v) is 10.7. The number of rotatable bonds is 4. The molecule has 9 heteroatoms. The van der Waals surface area contributed by atoms with Gasteiger partial charge >= 0.3 is 0 Å². The van der Waals surface area contributed by atoms with Crippen LogP contribution in [0.2, 0.25) is 0 Å². The summed E-state index contributed by atoms with van der Waals surface area (Å²) in [7, 11) is 1.98. The lowest BCUT2D eigenvalue weighted by molar-refractivity contribution is 0.525. The highest BCUT2D eigenvalue weighted by molar-refractivity contribution is 6.09. The van der Waals surface area contributed by atoms with Crippen molar-refractivity contribution in [1.29, 1.82) is 0 Å². The third kappa shape index (κ3) is 3.47. The number of hydrogen-bond donors (Lipinski definition) is 1. The molecule has 3 aliphatic rings. The Kier molecular flexibility index (Phi) is 4.65. The smallest absolute Gasteiger partial charge is 0.207 e. The van der Waals surface area contributed by atoms with Gasteiger partial charge in [-0.2, -0.15) is 5.10 Å². The summed E-state index contributed by atoms with van der Waals surface area (Å²) in [6.45, 7) is 12.5. The zero-order valence-corrected chi connectivity index (χ0v) is 18.8. The Bertz CT molecular complexity index is 1170. The summed E-state index contributed by atoms with van der Waals surface area (Å²) in [6, 6.07) is 6.32. The van der Waals surface area contributed by atoms with Crippen molar-refractivity contribution in [2.24, 2.45) is 20.9 Å². The molecule has 1 aromatic heterocycles. The number of hydrogen-bond acceptors (Lipinski definition) is 7. The zero-order chi connectivity index (χ0) is 22.6. The van der Waals surface area contributed by atoms with Crippen LogP contribution in [0.3, 0.4) is 0 Å². The normalized spacial score (nSPS) is 21.3. The highest BCUT2D eigenvalue weighted by Crippen LogP contribution is 2.43. The van der Waals surface area contributed by atoms with Gasteiger partial charge in [0.25, 0.3) is 0 Å². The van der Waals surface area contributed by atoms with Gasteiger partial charge in [-0.25, -0.2) is 19.1 Å². The lowest BCUT2D eigenvalue weighted by Crippen LogP contribution is -2.43. The van der Waals surface area contributed by atoms with E-state index in [-0.39, 0.29) is 17.3 Å². The number of guanidine groups is 1. The third-order valence-electron chi connectivity index (χ3n) is 5.91. The minimum absolute atomic E-state index is 0.128. The SMILES string of the molecule is C=C1c2c(nn(CC3C=NC(C)=NC3)c2Nc2ccc(F)cc2)N2CC(C)(C)N=C2N1C. The summed E-state index contributed by atoms with van der Waals surface area (Å²) in [5, 5.41) is 8.46. The molecule has 0 fully saturated rings. The first-order valence-electron chi connectivity index (χ1n) is 10.7. The van der Waals surface area contributed by atoms with E-state index >= 15 is 0 Å². The number of amidine groups is 1. The summed E-state index contributed by atoms with van der Waals surface area (Å²) in [5.41, 5.74) is 2.29. The van der Waals surface area contributed by atoms with Crippen molar-refractivity contribution in [1.82, 2.24) is 14.7 Å². The molecule has 0 aliphatic carbocycles. The number of aliphatic imine (C=N–C) groups is 3. The Hall–Kier alpha value is -3.49. The minimum atomic E-state index is -0.276. The van der Waals surface area contributed by atoms with Gasteiger partial charge in [-0.15, -0.1) is 0 Å². The highest BCUT2D eigenvalue weighted by atomic mass is 19.1. The van der Waals surface area contributed by atoms with Gasteiger partial charge < -0.3 is 10.2 Å². The lowest BCUT2D eigenvalue weighted by atomic mass is 10.1. The molecule has 0 saturated carbocycles. The van der Waals surface area contributed by atoms with Crippen LogP contribution in [-0.2, 0) is 6.54 Å². The van der Waals surface area contributed by atoms with E-state index in [0.717, 1.165) is 46.9 Å². The summed E-state index contributed by atoms with van der Waals surface area (Å²) >= 11 is 0. The van der Waals surface area contributed by atoms with Crippen molar-refractivity contribution >= 4 is 41.0 Å². The van der Waals surface area contributed by atoms with Gasteiger partial charge in [-0.05, 0) is 45.0 Å². The average molecular weight is 435 g/mol. The molecule has 2 aromatic rings. The minimum Gasteiger partial charge on any atom is -0.340 e. The zero-order valence-electron chi connectivity index (χ0n) is 18.8. The van der Waals surface area contributed by atoms with Crippen LogP contribution in [0.4, 0.5) is 21.7 Å². The van der Waals surface area contributed by atoms with E-state index in [4.69, 9.17) is 10.1 Å². The van der Waals surface area contributed by atoms with E-state index in [0.29, 0.717) is 13.1 Å². The van der Waals surface area contributed by atoms with Gasteiger partial charge in [-0.1, -0.05) is 6.58 Å². The van der Waals surface area contributed by atoms with Crippen LogP contribution in [0.25, 0.3) is 5.70 Å². The second-order valence-electron chi connectivity index (χ2n) is 9.10. The van der Waals surface area contributed by atoms with Crippen LogP contribution >= 0.6 is 0 Å². The molecule has 1 atom stereocenters. The topological polar surface area (TPSA) is 73.4 Å². The number of nitrogens with zero attached hydrogens (tertiary/aromatic N) is 7. The van der Waals surface area contributed by atoms with Crippen LogP contribution in [-0.4, -0.2) is 58.4 Å². The van der Waals surface area contributed by atoms with E-state index in [9.17, 15) is 4.39 Å². The van der Waals surface area contributed by atoms with Crippen LogP contribution in [0.15, 0.2) is 45.8 Å². The molecule has 0 amide bonds. The van der Waals surface area contributed by atoms with Crippen LogP contribution in [0.5, 0.6) is 0 Å². The molecule has 0 spiro atoms. The maximum atomic E-state index is 13.5. The molecule has 32 heavy (non-hydrogen) atoms. The second-order valence-corrected chi connectivity index (χ2v) is 9.10. The van der Waals surface area contributed by atoms with Gasteiger partial charge in [0.2, 0.25) is 5.96 Å². The Morgan fingerprint density at radius 2 is 2.00 bits per heavy atom. The van der Waals surface area contributed by atoms with Crippen molar-refractivity contribution in [2.45, 2.75) is 32.9 Å². The molecule has 1 aromatic carbocycles. The largest absolute Gasteiger partial charge is 0.340 e. The number of aromatic nitrogens is 2. The number of halogens is 1. The van der Waals surface area contributed by atoms with E-state index in [1.165, 1.54) is 12.1 Å². The summed E-state index contributed by atoms with van der Waals surface area (Å²) in [4.78, 5) is 17.9. The standard InChI is InChI=1S/C23H27FN8/c1-14-19-20(27-18-8-6-17(24)7-9-18)32(12-16-10-25-15(2)26-11-16)29-21(19)31-13-23(3,4)28-22(31)30(14)5/h6-10,16,27H,1,11-13H2,2-5H3. The number of fused-ring (bicyclic) bond motifs is 3. The molecule has 0 saturated heterocycles. The van der Waals surface area contributed by atoms with Crippen molar-refractivity contribution in [3.05, 3.63) is 42.2 Å². The molecular weight excluding hydrogens is 407 g/mol. The van der Waals surface area contributed by atoms with Crippen molar-refractivity contribution < 1.29 is 4.39 Å². The fraction of sp³-hybridized carbons (Fsp3) is 0.391. The van der Waals surface area contributed by atoms with Gasteiger partial charge in [0.1, 0.15) is 17.5 Å². The molecule has 0 bridgehead atoms. The number of benzene rings is 1. The molecule has 3 aliphatic heterocycles. The predicted molar refractivity (Wildman–Crippen MR) is 128 cm³/mol.